The van der Waals surface area contributed by atoms with E-state index in [2.05, 4.69) is 34.4 Å². The van der Waals surface area contributed by atoms with Crippen LogP contribution in [0.25, 0.3) is 0 Å². The molecule has 0 unspecified atom stereocenters. The van der Waals surface area contributed by atoms with Crippen LogP contribution in [0.1, 0.15) is 43.1 Å². The molecule has 0 saturated heterocycles. The van der Waals surface area contributed by atoms with Crippen molar-refractivity contribution in [3.05, 3.63) is 53.9 Å². The van der Waals surface area contributed by atoms with Crippen molar-refractivity contribution < 1.29 is 19.1 Å². The number of methoxy groups -OCH3 is 1. The fourth-order valence-electron chi connectivity index (χ4n) is 4.28. The second kappa shape index (κ2) is 13.2. The number of anilines is 1. The molecule has 3 atom stereocenters. The van der Waals surface area contributed by atoms with Gasteiger partial charge in [0, 0.05) is 70.5 Å². The molecule has 1 aliphatic heterocycles. The lowest BCUT2D eigenvalue weighted by atomic mass is 10.0. The highest BCUT2D eigenvalue weighted by Gasteiger charge is 2.28. The number of aromatic nitrogens is 1. The topological polar surface area (TPSA) is 96.0 Å². The van der Waals surface area contributed by atoms with Crippen molar-refractivity contribution >= 4 is 17.6 Å². The maximum atomic E-state index is 13.4. The zero-order chi connectivity index (χ0) is 26.1. The Balaban J connectivity index is 1.90. The lowest BCUT2D eigenvalue weighted by Crippen LogP contribution is -2.46. The number of ether oxygens (including phenoxy) is 2. The third kappa shape index (κ3) is 7.41. The summed E-state index contributed by atoms with van der Waals surface area (Å²) in [7, 11) is 3.47. The number of hydrogen-bond donors (Lipinski definition) is 2. The van der Waals surface area contributed by atoms with Gasteiger partial charge in [-0.15, -0.1) is 0 Å². The van der Waals surface area contributed by atoms with Crippen LogP contribution in [0.15, 0.2) is 42.7 Å². The van der Waals surface area contributed by atoms with Crippen molar-refractivity contribution in [3.63, 3.8) is 0 Å². The fourth-order valence-corrected chi connectivity index (χ4v) is 4.28. The molecule has 9 heteroatoms. The SMILES string of the molecule is CCCNC(=O)Nc1ccc2c(c1)OC[C@H](C)N(Cc1ccncc1)C[C@@H](C)[C@@H](OC)CN(C)C2=O. The fraction of sp³-hybridized carbons (Fsp3) is 0.519. The van der Waals surface area contributed by atoms with Crippen molar-refractivity contribution in [1.82, 2.24) is 20.1 Å². The molecule has 0 aliphatic carbocycles. The number of nitrogens with zero attached hydrogens (tertiary/aromatic N) is 3. The molecule has 3 rings (SSSR count). The van der Waals surface area contributed by atoms with Crippen LogP contribution in [-0.4, -0.2) is 79.3 Å². The zero-order valence-electron chi connectivity index (χ0n) is 22.0. The van der Waals surface area contributed by atoms with E-state index in [0.717, 1.165) is 19.5 Å². The summed E-state index contributed by atoms with van der Waals surface area (Å²) in [5, 5.41) is 5.62. The molecule has 1 aliphatic rings. The molecule has 196 valence electrons. The molecule has 2 N–H and O–H groups in total. The Morgan fingerprint density at radius 2 is 1.94 bits per heavy atom. The summed E-state index contributed by atoms with van der Waals surface area (Å²) in [6.07, 6.45) is 4.32. The summed E-state index contributed by atoms with van der Waals surface area (Å²) in [6, 6.07) is 8.96. The van der Waals surface area contributed by atoms with Crippen molar-refractivity contribution in [3.8, 4) is 5.75 Å². The Labute approximate surface area is 214 Å². The first-order valence-corrected chi connectivity index (χ1v) is 12.5. The quantitative estimate of drug-likeness (QED) is 0.633. The van der Waals surface area contributed by atoms with Gasteiger partial charge in [-0.1, -0.05) is 13.8 Å². The Hall–Kier alpha value is -3.17. The van der Waals surface area contributed by atoms with Crippen LogP contribution in [0.3, 0.4) is 0 Å². The first kappa shape index (κ1) is 27.4. The zero-order valence-corrected chi connectivity index (χ0v) is 22.0. The van der Waals surface area contributed by atoms with E-state index >= 15 is 0 Å². The number of nitrogens with one attached hydrogen (secondary N) is 2. The third-order valence-electron chi connectivity index (χ3n) is 6.50. The van der Waals surface area contributed by atoms with Crippen LogP contribution in [0.5, 0.6) is 5.75 Å². The Kier molecular flexibility index (Phi) is 10.1. The molecule has 0 saturated carbocycles. The molecule has 2 heterocycles. The van der Waals surface area contributed by atoms with Crippen molar-refractivity contribution in [2.45, 2.75) is 45.9 Å². The minimum Gasteiger partial charge on any atom is -0.491 e. The number of pyridine rings is 1. The number of rotatable bonds is 6. The molecular formula is C27H39N5O4. The van der Waals surface area contributed by atoms with E-state index in [-0.39, 0.29) is 30.0 Å². The van der Waals surface area contributed by atoms with Gasteiger partial charge in [-0.3, -0.25) is 14.7 Å². The summed E-state index contributed by atoms with van der Waals surface area (Å²) >= 11 is 0. The predicted octanol–water partition coefficient (Wildman–Crippen LogP) is 3.62. The third-order valence-corrected chi connectivity index (χ3v) is 6.50. The summed E-state index contributed by atoms with van der Waals surface area (Å²) in [6.45, 7) is 9.20. The van der Waals surface area contributed by atoms with E-state index < -0.39 is 0 Å². The van der Waals surface area contributed by atoms with Gasteiger partial charge in [0.25, 0.3) is 5.91 Å². The van der Waals surface area contributed by atoms with Gasteiger partial charge in [0.1, 0.15) is 12.4 Å². The molecule has 1 aromatic heterocycles. The Morgan fingerprint density at radius 3 is 2.64 bits per heavy atom. The monoisotopic (exact) mass is 497 g/mol. The highest BCUT2D eigenvalue weighted by atomic mass is 16.5. The summed E-state index contributed by atoms with van der Waals surface area (Å²) in [4.78, 5) is 33.7. The number of amides is 3. The maximum Gasteiger partial charge on any atom is 0.319 e. The van der Waals surface area contributed by atoms with Gasteiger partial charge < -0.3 is 25.0 Å². The van der Waals surface area contributed by atoms with Crippen LogP contribution >= 0.6 is 0 Å². The predicted molar refractivity (Wildman–Crippen MR) is 140 cm³/mol. The molecule has 0 fully saturated rings. The molecule has 0 spiro atoms. The Morgan fingerprint density at radius 1 is 1.19 bits per heavy atom. The molecule has 36 heavy (non-hydrogen) atoms. The van der Waals surface area contributed by atoms with E-state index in [9.17, 15) is 9.59 Å². The molecule has 1 aromatic carbocycles. The van der Waals surface area contributed by atoms with E-state index in [1.807, 2.05) is 19.1 Å². The minimum absolute atomic E-state index is 0.0581. The van der Waals surface area contributed by atoms with Crippen molar-refractivity contribution in [2.75, 3.05) is 45.7 Å². The number of likely N-dealkylation sites (N-methyl/N-ethyl adjacent to an activating group) is 1. The highest BCUT2D eigenvalue weighted by molar-refractivity contribution is 5.98. The number of carbonyl (C=O) groups is 2. The molecule has 0 bridgehead atoms. The lowest BCUT2D eigenvalue weighted by Gasteiger charge is -2.36. The van der Waals surface area contributed by atoms with Crippen LogP contribution in [0, 0.1) is 5.92 Å². The van der Waals surface area contributed by atoms with E-state index in [0.29, 0.717) is 36.7 Å². The summed E-state index contributed by atoms with van der Waals surface area (Å²) in [5.74, 6) is 0.475. The van der Waals surface area contributed by atoms with Crippen LogP contribution in [-0.2, 0) is 11.3 Å². The molecule has 0 radical (unpaired) electrons. The van der Waals surface area contributed by atoms with Gasteiger partial charge in [-0.05, 0) is 49.1 Å². The standard InChI is InChI=1S/C27H39N5O4/c1-6-11-29-27(34)30-22-7-8-23-24(14-22)36-18-20(3)32(16-21-9-12-28-13-10-21)15-19(2)25(35-5)17-31(4)26(23)33/h7-10,12-14,19-20,25H,6,11,15-18H2,1-5H3,(H2,29,30,34)/t19-,20+,25+/m1/s1. The number of urea groups is 1. The number of benzene rings is 1. The van der Waals surface area contributed by atoms with Crippen molar-refractivity contribution in [2.24, 2.45) is 5.92 Å². The van der Waals surface area contributed by atoms with Gasteiger partial charge in [0.2, 0.25) is 0 Å². The van der Waals surface area contributed by atoms with Gasteiger partial charge in [0.05, 0.1) is 11.7 Å². The Bertz CT molecular complexity index is 1000. The lowest BCUT2D eigenvalue weighted by molar-refractivity contribution is 0.00921. The van der Waals surface area contributed by atoms with Gasteiger partial charge >= 0.3 is 6.03 Å². The average Bonchev–Trinajstić information content (AvgIpc) is 2.88. The number of fused-ring (bicyclic) bond motifs is 1. The van der Waals surface area contributed by atoms with Gasteiger partial charge in [-0.2, -0.15) is 0 Å². The van der Waals surface area contributed by atoms with E-state index in [4.69, 9.17) is 9.47 Å². The first-order valence-electron chi connectivity index (χ1n) is 12.5. The van der Waals surface area contributed by atoms with Gasteiger partial charge in [0.15, 0.2) is 0 Å². The average molecular weight is 498 g/mol. The minimum atomic E-state index is -0.290. The highest BCUT2D eigenvalue weighted by Crippen LogP contribution is 2.27. The normalized spacial score (nSPS) is 21.5. The molecular weight excluding hydrogens is 458 g/mol. The second-order valence-corrected chi connectivity index (χ2v) is 9.47. The second-order valence-electron chi connectivity index (χ2n) is 9.47. The number of carbonyl (C=O) groups excluding carboxylic acids is 2. The summed E-state index contributed by atoms with van der Waals surface area (Å²) < 4.78 is 12.1. The van der Waals surface area contributed by atoms with E-state index in [1.165, 1.54) is 5.56 Å². The first-order chi connectivity index (χ1) is 17.3. The summed E-state index contributed by atoms with van der Waals surface area (Å²) in [5.41, 5.74) is 2.19. The van der Waals surface area contributed by atoms with Crippen LogP contribution in [0.4, 0.5) is 10.5 Å². The van der Waals surface area contributed by atoms with E-state index in [1.54, 1.807) is 49.7 Å². The van der Waals surface area contributed by atoms with Crippen LogP contribution < -0.4 is 15.4 Å². The molecule has 3 amide bonds. The maximum absolute atomic E-state index is 13.4. The van der Waals surface area contributed by atoms with Crippen LogP contribution in [0.2, 0.25) is 0 Å². The number of hydrogen-bond acceptors (Lipinski definition) is 6. The smallest absolute Gasteiger partial charge is 0.319 e. The molecule has 2 aromatic rings. The van der Waals surface area contributed by atoms with Crippen molar-refractivity contribution in [1.29, 1.82) is 0 Å². The largest absolute Gasteiger partial charge is 0.491 e. The molecule has 9 nitrogen and oxygen atoms in total. The van der Waals surface area contributed by atoms with Gasteiger partial charge in [-0.25, -0.2) is 4.79 Å².